The Morgan fingerprint density at radius 1 is 1.13 bits per heavy atom. The zero-order valence-electron chi connectivity index (χ0n) is 16.8. The van der Waals surface area contributed by atoms with Gasteiger partial charge in [-0.15, -0.1) is 0 Å². The molecule has 0 atom stereocenters. The molecule has 10 heteroatoms. The van der Waals surface area contributed by atoms with Crippen molar-refractivity contribution in [3.05, 3.63) is 58.1 Å². The van der Waals surface area contributed by atoms with Gasteiger partial charge in [-0.25, -0.2) is 5.43 Å². The zero-order chi connectivity index (χ0) is 23.0. The Bertz CT molecular complexity index is 962. The number of hydrogen-bond donors (Lipinski definition) is 2. The van der Waals surface area contributed by atoms with E-state index in [0.717, 1.165) is 16.6 Å². The van der Waals surface area contributed by atoms with E-state index in [9.17, 15) is 22.8 Å². The number of rotatable bonds is 8. The maximum Gasteiger partial charge on any atom is 0.416 e. The lowest BCUT2D eigenvalue weighted by molar-refractivity contribution is -0.137. The van der Waals surface area contributed by atoms with Crippen LogP contribution >= 0.6 is 15.9 Å². The van der Waals surface area contributed by atoms with Gasteiger partial charge in [0.2, 0.25) is 11.8 Å². The van der Waals surface area contributed by atoms with Crippen LogP contribution in [0.4, 0.5) is 18.9 Å². The Hall–Kier alpha value is -2.88. The van der Waals surface area contributed by atoms with Gasteiger partial charge in [-0.1, -0.05) is 6.07 Å². The smallest absolute Gasteiger partial charge is 0.416 e. The van der Waals surface area contributed by atoms with E-state index in [1.165, 1.54) is 18.3 Å². The van der Waals surface area contributed by atoms with Crippen molar-refractivity contribution in [2.24, 2.45) is 5.10 Å². The van der Waals surface area contributed by atoms with Crippen molar-refractivity contribution in [1.29, 1.82) is 0 Å². The molecule has 0 saturated heterocycles. The second kappa shape index (κ2) is 10.9. The predicted molar refractivity (Wildman–Crippen MR) is 115 cm³/mol. The maximum atomic E-state index is 12.7. The molecule has 0 unspecified atom stereocenters. The summed E-state index contributed by atoms with van der Waals surface area (Å²) in [4.78, 5) is 23.7. The first-order valence-electron chi connectivity index (χ1n) is 9.30. The van der Waals surface area contributed by atoms with E-state index in [1.54, 1.807) is 18.2 Å². The molecule has 0 aliphatic heterocycles. The molecule has 0 heterocycles. The van der Waals surface area contributed by atoms with Crippen LogP contribution in [0.15, 0.2) is 52.0 Å². The van der Waals surface area contributed by atoms with Crippen molar-refractivity contribution in [3.8, 4) is 5.75 Å². The maximum absolute atomic E-state index is 12.7. The van der Waals surface area contributed by atoms with Crippen LogP contribution in [-0.2, 0) is 15.8 Å². The third kappa shape index (κ3) is 8.41. The number of hydrogen-bond acceptors (Lipinski definition) is 4. The standard InChI is InChI=1S/C21H21BrF3N3O3/c1-13(2)31-18-7-6-14(10-17(18)22)12-26-28-20(30)9-8-19(29)27-16-5-3-4-15(11-16)21(23,24)25/h3-7,10-13H,8-9H2,1-2H3,(H,27,29)(H,28,30). The van der Waals surface area contributed by atoms with Crippen LogP contribution in [0.25, 0.3) is 0 Å². The fourth-order valence-electron chi connectivity index (χ4n) is 2.41. The van der Waals surface area contributed by atoms with Crippen LogP contribution in [0.3, 0.4) is 0 Å². The summed E-state index contributed by atoms with van der Waals surface area (Å²) in [7, 11) is 0. The average molecular weight is 500 g/mol. The van der Waals surface area contributed by atoms with Crippen molar-refractivity contribution in [3.63, 3.8) is 0 Å². The Labute approximate surface area is 186 Å². The molecule has 2 aromatic carbocycles. The van der Waals surface area contributed by atoms with E-state index in [4.69, 9.17) is 4.74 Å². The number of anilines is 1. The molecule has 0 aliphatic rings. The fourth-order valence-corrected chi connectivity index (χ4v) is 2.90. The van der Waals surface area contributed by atoms with Crippen molar-refractivity contribution >= 4 is 39.6 Å². The van der Waals surface area contributed by atoms with Crippen molar-refractivity contribution in [2.45, 2.75) is 39.0 Å². The molecule has 2 aromatic rings. The highest BCUT2D eigenvalue weighted by Gasteiger charge is 2.30. The van der Waals surface area contributed by atoms with Crippen molar-refractivity contribution in [1.82, 2.24) is 5.43 Å². The van der Waals surface area contributed by atoms with E-state index in [2.05, 4.69) is 31.8 Å². The van der Waals surface area contributed by atoms with Crippen LogP contribution in [0.2, 0.25) is 0 Å². The van der Waals surface area contributed by atoms with E-state index in [0.29, 0.717) is 11.3 Å². The molecule has 6 nitrogen and oxygen atoms in total. The molecular formula is C21H21BrF3N3O3. The molecular weight excluding hydrogens is 479 g/mol. The van der Waals surface area contributed by atoms with Gasteiger partial charge in [0.15, 0.2) is 0 Å². The molecule has 0 bridgehead atoms. The summed E-state index contributed by atoms with van der Waals surface area (Å²) in [6.45, 7) is 3.83. The largest absolute Gasteiger partial charge is 0.490 e. The van der Waals surface area contributed by atoms with E-state index >= 15 is 0 Å². The molecule has 2 amide bonds. The lowest BCUT2D eigenvalue weighted by atomic mass is 10.2. The zero-order valence-corrected chi connectivity index (χ0v) is 18.4. The molecule has 0 fully saturated rings. The molecule has 31 heavy (non-hydrogen) atoms. The van der Waals surface area contributed by atoms with E-state index in [1.807, 2.05) is 13.8 Å². The number of carbonyl (C=O) groups excluding carboxylic acids is 2. The summed E-state index contributed by atoms with van der Waals surface area (Å²) >= 11 is 3.40. The van der Waals surface area contributed by atoms with Gasteiger partial charge in [0.25, 0.3) is 0 Å². The van der Waals surface area contributed by atoms with Crippen LogP contribution in [-0.4, -0.2) is 24.1 Å². The van der Waals surface area contributed by atoms with Crippen molar-refractivity contribution < 1.29 is 27.5 Å². The van der Waals surface area contributed by atoms with Gasteiger partial charge in [-0.2, -0.15) is 18.3 Å². The number of halogens is 4. The monoisotopic (exact) mass is 499 g/mol. The van der Waals surface area contributed by atoms with Gasteiger partial charge in [-0.3, -0.25) is 9.59 Å². The average Bonchev–Trinajstić information content (AvgIpc) is 2.68. The third-order valence-electron chi connectivity index (χ3n) is 3.77. The highest BCUT2D eigenvalue weighted by Crippen LogP contribution is 2.30. The summed E-state index contributed by atoms with van der Waals surface area (Å²) in [6.07, 6.45) is -3.42. The van der Waals surface area contributed by atoms with Crippen LogP contribution < -0.4 is 15.5 Å². The minimum atomic E-state index is -4.50. The normalized spacial score (nSPS) is 11.6. The molecule has 166 valence electrons. The molecule has 0 radical (unpaired) electrons. The number of amides is 2. The number of hydrazone groups is 1. The number of ether oxygens (including phenoxy) is 1. The van der Waals surface area contributed by atoms with Gasteiger partial charge >= 0.3 is 6.18 Å². The first-order chi connectivity index (χ1) is 14.5. The van der Waals surface area contributed by atoms with Gasteiger partial charge in [0, 0.05) is 18.5 Å². The summed E-state index contributed by atoms with van der Waals surface area (Å²) in [5.41, 5.74) is 2.15. The molecule has 0 aliphatic carbocycles. The number of carbonyl (C=O) groups is 2. The van der Waals surface area contributed by atoms with Gasteiger partial charge < -0.3 is 10.1 Å². The summed E-state index contributed by atoms with van der Waals surface area (Å²) in [5, 5.41) is 6.17. The molecule has 2 rings (SSSR count). The van der Waals surface area contributed by atoms with Crippen molar-refractivity contribution in [2.75, 3.05) is 5.32 Å². The Balaban J connectivity index is 1.80. The number of nitrogens with one attached hydrogen (secondary N) is 2. The summed E-state index contributed by atoms with van der Waals surface area (Å²) in [5.74, 6) is -0.402. The van der Waals surface area contributed by atoms with Crippen LogP contribution in [0.1, 0.15) is 37.8 Å². The Morgan fingerprint density at radius 3 is 2.48 bits per heavy atom. The van der Waals surface area contributed by atoms with E-state index in [-0.39, 0.29) is 24.6 Å². The minimum absolute atomic E-state index is 0.00808. The summed E-state index contributed by atoms with van der Waals surface area (Å²) in [6, 6.07) is 9.58. The van der Waals surface area contributed by atoms with Gasteiger partial charge in [0.1, 0.15) is 5.75 Å². The second-order valence-corrected chi connectivity index (χ2v) is 7.63. The third-order valence-corrected chi connectivity index (χ3v) is 4.39. The number of benzene rings is 2. The lowest BCUT2D eigenvalue weighted by Gasteiger charge is -2.11. The molecule has 0 saturated carbocycles. The van der Waals surface area contributed by atoms with Crippen LogP contribution in [0, 0.1) is 0 Å². The fraction of sp³-hybridized carbons (Fsp3) is 0.286. The van der Waals surface area contributed by atoms with E-state index < -0.39 is 23.6 Å². The molecule has 0 aromatic heterocycles. The Kier molecular flexibility index (Phi) is 8.61. The number of nitrogens with zero attached hydrogens (tertiary/aromatic N) is 1. The van der Waals surface area contributed by atoms with Crippen LogP contribution in [0.5, 0.6) is 5.75 Å². The summed E-state index contributed by atoms with van der Waals surface area (Å²) < 4.78 is 44.5. The first-order valence-corrected chi connectivity index (χ1v) is 10.1. The Morgan fingerprint density at radius 2 is 1.84 bits per heavy atom. The SMILES string of the molecule is CC(C)Oc1ccc(C=NNC(=O)CCC(=O)Nc2cccc(C(F)(F)F)c2)cc1Br. The second-order valence-electron chi connectivity index (χ2n) is 6.78. The highest BCUT2D eigenvalue weighted by atomic mass is 79.9. The topological polar surface area (TPSA) is 79.8 Å². The molecule has 0 spiro atoms. The van der Waals surface area contributed by atoms with Gasteiger partial charge in [-0.05, 0) is 71.7 Å². The number of alkyl halides is 3. The minimum Gasteiger partial charge on any atom is -0.490 e. The predicted octanol–water partition coefficient (Wildman–Crippen LogP) is 5.12. The van der Waals surface area contributed by atoms with Gasteiger partial charge in [0.05, 0.1) is 22.4 Å². The first kappa shape index (κ1) is 24.4. The lowest BCUT2D eigenvalue weighted by Crippen LogP contribution is -2.20. The quantitative estimate of drug-likeness (QED) is 0.390. The highest BCUT2D eigenvalue weighted by molar-refractivity contribution is 9.10. The molecule has 2 N–H and O–H groups in total.